The van der Waals surface area contributed by atoms with E-state index in [1.54, 1.807) is 0 Å². The first kappa shape index (κ1) is 10.8. The Balaban J connectivity index is 2.02. The summed E-state index contributed by atoms with van der Waals surface area (Å²) in [6.07, 6.45) is 14.9. The molecule has 0 aromatic heterocycles. The van der Waals surface area contributed by atoms with Crippen molar-refractivity contribution in [2.45, 2.75) is 64.7 Å². The number of unbranched alkanes of at least 4 members (excludes halogenated alkanes) is 3. The summed E-state index contributed by atoms with van der Waals surface area (Å²) < 4.78 is 0. The molecule has 0 nitrogen and oxygen atoms in total. The number of rotatable bonds is 8. The van der Waals surface area contributed by atoms with Crippen LogP contribution in [0.15, 0.2) is 12.7 Å². The summed E-state index contributed by atoms with van der Waals surface area (Å²) in [6, 6.07) is 0. The highest BCUT2D eigenvalue weighted by Crippen LogP contribution is 2.53. The van der Waals surface area contributed by atoms with Crippen LogP contribution in [0.5, 0.6) is 0 Å². The molecule has 0 spiro atoms. The fourth-order valence-electron chi connectivity index (χ4n) is 2.14. The van der Waals surface area contributed by atoms with Gasteiger partial charge in [-0.25, -0.2) is 0 Å². The van der Waals surface area contributed by atoms with E-state index < -0.39 is 0 Å². The van der Waals surface area contributed by atoms with E-state index in [-0.39, 0.29) is 0 Å². The minimum Gasteiger partial charge on any atom is -0.103 e. The van der Waals surface area contributed by atoms with E-state index in [1.165, 1.54) is 57.8 Å². The number of allylic oxidation sites excluding steroid dienone is 1. The van der Waals surface area contributed by atoms with Crippen LogP contribution < -0.4 is 0 Å². The highest BCUT2D eigenvalue weighted by molar-refractivity contribution is 4.94. The molecule has 0 heterocycles. The molecule has 0 heteroatoms. The van der Waals surface area contributed by atoms with Gasteiger partial charge in [0.1, 0.15) is 0 Å². The maximum Gasteiger partial charge on any atom is -0.0294 e. The number of hydrogen-bond donors (Lipinski definition) is 0. The second-order valence-corrected chi connectivity index (χ2v) is 4.64. The molecule has 0 saturated heterocycles. The van der Waals surface area contributed by atoms with Crippen LogP contribution in [0.1, 0.15) is 64.7 Å². The molecule has 13 heavy (non-hydrogen) atoms. The summed E-state index contributed by atoms with van der Waals surface area (Å²) in [4.78, 5) is 0. The van der Waals surface area contributed by atoms with Crippen LogP contribution in [-0.4, -0.2) is 0 Å². The molecule has 1 aliphatic rings. The number of hydrogen-bond acceptors (Lipinski definition) is 0. The lowest BCUT2D eigenvalue weighted by Crippen LogP contribution is -1.99. The molecule has 0 aromatic rings. The molecule has 0 atom stereocenters. The lowest BCUT2D eigenvalue weighted by Gasteiger charge is -2.13. The fourth-order valence-corrected chi connectivity index (χ4v) is 2.14. The van der Waals surface area contributed by atoms with Crippen molar-refractivity contribution < 1.29 is 0 Å². The van der Waals surface area contributed by atoms with Crippen LogP contribution in [-0.2, 0) is 0 Å². The van der Waals surface area contributed by atoms with E-state index in [4.69, 9.17) is 0 Å². The van der Waals surface area contributed by atoms with Gasteiger partial charge in [0, 0.05) is 0 Å². The zero-order valence-electron chi connectivity index (χ0n) is 9.15. The van der Waals surface area contributed by atoms with Crippen LogP contribution in [0.4, 0.5) is 0 Å². The van der Waals surface area contributed by atoms with Gasteiger partial charge in [-0.15, -0.1) is 6.58 Å². The van der Waals surface area contributed by atoms with Crippen molar-refractivity contribution in [3.63, 3.8) is 0 Å². The van der Waals surface area contributed by atoms with Crippen LogP contribution in [0.25, 0.3) is 0 Å². The summed E-state index contributed by atoms with van der Waals surface area (Å²) in [5.41, 5.74) is 0.780. The van der Waals surface area contributed by atoms with Gasteiger partial charge in [-0.3, -0.25) is 0 Å². The van der Waals surface area contributed by atoms with E-state index in [2.05, 4.69) is 19.6 Å². The lowest BCUT2D eigenvalue weighted by molar-refractivity contribution is 0.408. The average molecular weight is 180 g/mol. The van der Waals surface area contributed by atoms with Gasteiger partial charge in [0.05, 0.1) is 0 Å². The average Bonchev–Trinajstić information content (AvgIpc) is 2.91. The standard InChI is InChI=1S/C13H24/c1-3-5-7-8-10-13(11-12-13)9-6-4-2/h4H,2-3,5-12H2,1H3. The Morgan fingerprint density at radius 2 is 1.92 bits per heavy atom. The smallest absolute Gasteiger partial charge is 0.0294 e. The van der Waals surface area contributed by atoms with E-state index in [1.807, 2.05) is 0 Å². The van der Waals surface area contributed by atoms with Crippen molar-refractivity contribution in [3.05, 3.63) is 12.7 Å². The predicted molar refractivity (Wildman–Crippen MR) is 59.9 cm³/mol. The van der Waals surface area contributed by atoms with Gasteiger partial charge in [-0.1, -0.05) is 38.7 Å². The maximum atomic E-state index is 3.80. The first-order valence-electron chi connectivity index (χ1n) is 5.94. The maximum absolute atomic E-state index is 3.80. The summed E-state index contributed by atoms with van der Waals surface area (Å²) in [7, 11) is 0. The van der Waals surface area contributed by atoms with Gasteiger partial charge >= 0.3 is 0 Å². The zero-order valence-corrected chi connectivity index (χ0v) is 9.15. The van der Waals surface area contributed by atoms with Crippen molar-refractivity contribution in [2.24, 2.45) is 5.41 Å². The van der Waals surface area contributed by atoms with Crippen LogP contribution >= 0.6 is 0 Å². The van der Waals surface area contributed by atoms with Crippen molar-refractivity contribution in [1.82, 2.24) is 0 Å². The molecule has 1 fully saturated rings. The first-order valence-corrected chi connectivity index (χ1v) is 5.94. The van der Waals surface area contributed by atoms with Gasteiger partial charge in [-0.2, -0.15) is 0 Å². The molecule has 0 N–H and O–H groups in total. The normalized spacial score (nSPS) is 18.5. The Morgan fingerprint density at radius 3 is 2.46 bits per heavy atom. The largest absolute Gasteiger partial charge is 0.103 e. The molecule has 1 rings (SSSR count). The lowest BCUT2D eigenvalue weighted by atomic mass is 9.93. The fraction of sp³-hybridized carbons (Fsp3) is 0.846. The van der Waals surface area contributed by atoms with Crippen molar-refractivity contribution in [3.8, 4) is 0 Å². The van der Waals surface area contributed by atoms with Gasteiger partial charge in [0.15, 0.2) is 0 Å². The molecular weight excluding hydrogens is 156 g/mol. The Labute approximate surface area is 83.4 Å². The molecule has 0 radical (unpaired) electrons. The van der Waals surface area contributed by atoms with E-state index >= 15 is 0 Å². The van der Waals surface area contributed by atoms with Gasteiger partial charge < -0.3 is 0 Å². The third-order valence-electron chi connectivity index (χ3n) is 3.40. The molecule has 0 amide bonds. The monoisotopic (exact) mass is 180 g/mol. The van der Waals surface area contributed by atoms with E-state index in [9.17, 15) is 0 Å². The summed E-state index contributed by atoms with van der Waals surface area (Å²) in [5, 5.41) is 0. The highest BCUT2D eigenvalue weighted by atomic mass is 14.4. The molecular formula is C13H24. The van der Waals surface area contributed by atoms with Crippen molar-refractivity contribution in [2.75, 3.05) is 0 Å². The Kier molecular flexibility index (Phi) is 4.55. The highest BCUT2D eigenvalue weighted by Gasteiger charge is 2.40. The van der Waals surface area contributed by atoms with Crippen molar-refractivity contribution in [1.29, 1.82) is 0 Å². The summed E-state index contributed by atoms with van der Waals surface area (Å²) in [5.74, 6) is 0. The minimum atomic E-state index is 0.780. The molecule has 1 aliphatic carbocycles. The Hall–Kier alpha value is -0.260. The molecule has 1 saturated carbocycles. The van der Waals surface area contributed by atoms with Crippen LogP contribution in [0, 0.1) is 5.41 Å². The Bertz CT molecular complexity index is 142. The topological polar surface area (TPSA) is 0 Å². The van der Waals surface area contributed by atoms with Gasteiger partial charge in [0.25, 0.3) is 0 Å². The molecule has 0 aliphatic heterocycles. The third kappa shape index (κ3) is 3.97. The zero-order chi connectivity index (χ0) is 9.57. The van der Waals surface area contributed by atoms with E-state index in [0.717, 1.165) is 5.41 Å². The van der Waals surface area contributed by atoms with Gasteiger partial charge in [-0.05, 0) is 37.5 Å². The van der Waals surface area contributed by atoms with Gasteiger partial charge in [0.2, 0.25) is 0 Å². The second-order valence-electron chi connectivity index (χ2n) is 4.64. The van der Waals surface area contributed by atoms with Crippen LogP contribution in [0.3, 0.4) is 0 Å². The summed E-state index contributed by atoms with van der Waals surface area (Å²) in [6.45, 7) is 6.08. The molecule has 0 bridgehead atoms. The SMILES string of the molecule is C=CCCC1(CCCCCC)CC1. The third-order valence-corrected chi connectivity index (χ3v) is 3.40. The minimum absolute atomic E-state index is 0.780. The predicted octanol–water partition coefficient (Wildman–Crippen LogP) is 4.70. The first-order chi connectivity index (χ1) is 6.33. The molecule has 76 valence electrons. The van der Waals surface area contributed by atoms with Crippen molar-refractivity contribution >= 4 is 0 Å². The molecule has 0 aromatic carbocycles. The molecule has 0 unspecified atom stereocenters. The van der Waals surface area contributed by atoms with E-state index in [0.29, 0.717) is 0 Å². The summed E-state index contributed by atoms with van der Waals surface area (Å²) >= 11 is 0. The second kappa shape index (κ2) is 5.47. The quantitative estimate of drug-likeness (QED) is 0.375. The van der Waals surface area contributed by atoms with Crippen LogP contribution in [0.2, 0.25) is 0 Å². The Morgan fingerprint density at radius 1 is 1.15 bits per heavy atom.